The van der Waals surface area contributed by atoms with Gasteiger partial charge in [0.15, 0.2) is 0 Å². The average molecular weight is 402 g/mol. The van der Waals surface area contributed by atoms with Gasteiger partial charge in [0.25, 0.3) is 11.8 Å². The van der Waals surface area contributed by atoms with E-state index in [4.69, 9.17) is 4.74 Å². The molecule has 7 heteroatoms. The molecule has 1 aromatic carbocycles. The van der Waals surface area contributed by atoms with Crippen molar-refractivity contribution in [2.75, 3.05) is 19.6 Å². The van der Waals surface area contributed by atoms with Crippen LogP contribution in [0.15, 0.2) is 35.7 Å². The van der Waals surface area contributed by atoms with E-state index in [2.05, 4.69) is 0 Å². The minimum atomic E-state index is -0.641. The average Bonchev–Trinajstić information content (AvgIpc) is 2.84. The van der Waals surface area contributed by atoms with Crippen molar-refractivity contribution < 1.29 is 23.5 Å². The Bertz CT molecular complexity index is 863. The van der Waals surface area contributed by atoms with Crippen molar-refractivity contribution in [1.29, 1.82) is 0 Å². The minimum absolute atomic E-state index is 0.298. The van der Waals surface area contributed by atoms with Crippen molar-refractivity contribution >= 4 is 17.9 Å². The Labute approximate surface area is 170 Å². The Hall–Kier alpha value is -2.70. The zero-order valence-electron chi connectivity index (χ0n) is 17.5. The third kappa shape index (κ3) is 4.18. The van der Waals surface area contributed by atoms with Gasteiger partial charge in [-0.15, -0.1) is 0 Å². The molecule has 1 saturated heterocycles. The van der Waals surface area contributed by atoms with Crippen molar-refractivity contribution in [2.24, 2.45) is 5.41 Å². The highest BCUT2D eigenvalue weighted by molar-refractivity contribution is 6.21. The number of fused-ring (bicyclic) bond motifs is 1. The molecule has 1 aromatic rings. The van der Waals surface area contributed by atoms with Gasteiger partial charge in [0, 0.05) is 18.5 Å². The van der Waals surface area contributed by atoms with Crippen LogP contribution in [0.2, 0.25) is 0 Å². The number of amides is 3. The van der Waals surface area contributed by atoms with Crippen molar-refractivity contribution in [3.63, 3.8) is 0 Å². The standard InChI is InChI=1S/C22H27FN2O4/c1-21(2,3)29-20(28)24-11-10-16(22(4,5)13-24)17(23)12-25-18(26)14-8-6-7-9-15(14)19(25)27/h6-9H,10-13H2,1-5H3/b17-16-. The Morgan fingerprint density at radius 2 is 1.69 bits per heavy atom. The maximum absolute atomic E-state index is 15.2. The first-order valence-electron chi connectivity index (χ1n) is 9.72. The Kier molecular flexibility index (Phi) is 5.28. The predicted molar refractivity (Wildman–Crippen MR) is 106 cm³/mol. The predicted octanol–water partition coefficient (Wildman–Crippen LogP) is 4.17. The number of nitrogens with zero attached hydrogens (tertiary/aromatic N) is 2. The summed E-state index contributed by atoms with van der Waals surface area (Å²) in [5.74, 6) is -1.45. The summed E-state index contributed by atoms with van der Waals surface area (Å²) in [6, 6.07) is 6.50. The molecule has 6 nitrogen and oxygen atoms in total. The molecule has 3 amide bonds. The summed E-state index contributed by atoms with van der Waals surface area (Å²) >= 11 is 0. The van der Waals surface area contributed by atoms with Gasteiger partial charge in [0.05, 0.1) is 17.7 Å². The van der Waals surface area contributed by atoms with E-state index in [0.29, 0.717) is 36.2 Å². The van der Waals surface area contributed by atoms with Gasteiger partial charge in [-0.3, -0.25) is 14.5 Å². The van der Waals surface area contributed by atoms with Gasteiger partial charge >= 0.3 is 6.09 Å². The quantitative estimate of drug-likeness (QED) is 0.697. The second-order valence-corrected chi connectivity index (χ2v) is 9.16. The van der Waals surface area contributed by atoms with Crippen LogP contribution in [0.3, 0.4) is 0 Å². The lowest BCUT2D eigenvalue weighted by Gasteiger charge is -2.41. The molecule has 2 aliphatic heterocycles. The summed E-state index contributed by atoms with van der Waals surface area (Å²) < 4.78 is 20.6. The van der Waals surface area contributed by atoms with Crippen LogP contribution in [0.1, 0.15) is 61.8 Å². The van der Waals surface area contributed by atoms with Gasteiger partial charge in [-0.1, -0.05) is 26.0 Å². The van der Waals surface area contributed by atoms with E-state index in [0.717, 1.165) is 4.90 Å². The SMILES string of the molecule is CC(C)(C)OC(=O)N1CC/C(=C(/F)CN2C(=O)c3ccccc3C2=O)C(C)(C)C1. The monoisotopic (exact) mass is 402 g/mol. The maximum Gasteiger partial charge on any atom is 0.410 e. The lowest BCUT2D eigenvalue weighted by atomic mass is 9.78. The van der Waals surface area contributed by atoms with Crippen LogP contribution in [0.25, 0.3) is 0 Å². The Balaban J connectivity index is 1.76. The molecule has 0 unspecified atom stereocenters. The lowest BCUT2D eigenvalue weighted by molar-refractivity contribution is 0.0152. The van der Waals surface area contributed by atoms with Crippen LogP contribution in [0, 0.1) is 5.41 Å². The number of hydrogen-bond acceptors (Lipinski definition) is 4. The molecule has 3 rings (SSSR count). The van der Waals surface area contributed by atoms with Gasteiger partial charge in [-0.2, -0.15) is 0 Å². The number of ether oxygens (including phenoxy) is 1. The van der Waals surface area contributed by atoms with E-state index >= 15 is 4.39 Å². The van der Waals surface area contributed by atoms with E-state index in [1.54, 1.807) is 49.9 Å². The second kappa shape index (κ2) is 7.28. The molecule has 156 valence electrons. The fourth-order valence-electron chi connectivity index (χ4n) is 3.84. The van der Waals surface area contributed by atoms with E-state index in [1.165, 1.54) is 0 Å². The largest absolute Gasteiger partial charge is 0.444 e. The number of rotatable bonds is 2. The summed E-state index contributed by atoms with van der Waals surface area (Å²) in [4.78, 5) is 39.9. The number of halogens is 1. The molecule has 0 N–H and O–H groups in total. The first-order valence-corrected chi connectivity index (χ1v) is 9.72. The molecule has 0 aliphatic carbocycles. The summed E-state index contributed by atoms with van der Waals surface area (Å²) in [6.07, 6.45) is -0.105. The molecule has 0 atom stereocenters. The normalized spacial score (nSPS) is 20.6. The first-order chi connectivity index (χ1) is 13.4. The van der Waals surface area contributed by atoms with Crippen LogP contribution in [-0.2, 0) is 4.74 Å². The minimum Gasteiger partial charge on any atom is -0.444 e. The van der Waals surface area contributed by atoms with Gasteiger partial charge in [-0.25, -0.2) is 9.18 Å². The number of likely N-dealkylation sites (tertiary alicyclic amines) is 1. The van der Waals surface area contributed by atoms with Crippen LogP contribution >= 0.6 is 0 Å². The summed E-state index contributed by atoms with van der Waals surface area (Å²) in [5.41, 5.74) is -0.121. The van der Waals surface area contributed by atoms with Crippen molar-refractivity contribution in [2.45, 2.75) is 46.6 Å². The Morgan fingerprint density at radius 1 is 1.14 bits per heavy atom. The van der Waals surface area contributed by atoms with Gasteiger partial charge in [-0.05, 0) is 44.9 Å². The van der Waals surface area contributed by atoms with Crippen molar-refractivity contribution in [1.82, 2.24) is 9.80 Å². The van der Waals surface area contributed by atoms with E-state index in [9.17, 15) is 14.4 Å². The molecule has 29 heavy (non-hydrogen) atoms. The first kappa shape index (κ1) is 21.0. The summed E-state index contributed by atoms with van der Waals surface area (Å²) in [6.45, 7) is 9.32. The molecule has 0 radical (unpaired) electrons. The fourth-order valence-corrected chi connectivity index (χ4v) is 3.84. The van der Waals surface area contributed by atoms with Crippen LogP contribution < -0.4 is 0 Å². The maximum atomic E-state index is 15.2. The molecular weight excluding hydrogens is 375 g/mol. The smallest absolute Gasteiger partial charge is 0.410 e. The number of carbonyl (C=O) groups excluding carboxylic acids is 3. The molecule has 0 bridgehead atoms. The number of carbonyl (C=O) groups is 3. The fraction of sp³-hybridized carbons (Fsp3) is 0.500. The molecule has 2 heterocycles. The lowest BCUT2D eigenvalue weighted by Crippen LogP contribution is -2.47. The molecule has 2 aliphatic rings. The van der Waals surface area contributed by atoms with E-state index in [-0.39, 0.29) is 0 Å². The Morgan fingerprint density at radius 3 is 2.17 bits per heavy atom. The topological polar surface area (TPSA) is 66.9 Å². The zero-order valence-corrected chi connectivity index (χ0v) is 17.5. The van der Waals surface area contributed by atoms with Crippen LogP contribution in [0.4, 0.5) is 9.18 Å². The molecule has 0 saturated carbocycles. The van der Waals surface area contributed by atoms with Gasteiger partial charge in [0.2, 0.25) is 0 Å². The number of piperidine rings is 1. The number of hydrogen-bond donors (Lipinski definition) is 0. The number of imide groups is 1. The van der Waals surface area contributed by atoms with Crippen LogP contribution in [-0.4, -0.2) is 52.9 Å². The summed E-state index contributed by atoms with van der Waals surface area (Å²) in [7, 11) is 0. The van der Waals surface area contributed by atoms with Crippen molar-refractivity contribution in [3.05, 3.63) is 46.8 Å². The number of benzene rings is 1. The van der Waals surface area contributed by atoms with E-state index < -0.39 is 41.3 Å². The van der Waals surface area contributed by atoms with Crippen molar-refractivity contribution in [3.8, 4) is 0 Å². The third-order valence-electron chi connectivity index (χ3n) is 5.19. The zero-order chi connectivity index (χ0) is 21.6. The molecule has 0 aromatic heterocycles. The molecular formula is C22H27FN2O4. The highest BCUT2D eigenvalue weighted by atomic mass is 19.1. The van der Waals surface area contributed by atoms with Crippen LogP contribution in [0.5, 0.6) is 0 Å². The van der Waals surface area contributed by atoms with E-state index in [1.807, 2.05) is 13.8 Å². The second-order valence-electron chi connectivity index (χ2n) is 9.16. The molecule has 0 spiro atoms. The van der Waals surface area contributed by atoms with Gasteiger partial charge in [0.1, 0.15) is 11.4 Å². The van der Waals surface area contributed by atoms with Gasteiger partial charge < -0.3 is 9.64 Å². The molecule has 1 fully saturated rings. The third-order valence-corrected chi connectivity index (χ3v) is 5.19. The highest BCUT2D eigenvalue weighted by Gasteiger charge is 2.40. The highest BCUT2D eigenvalue weighted by Crippen LogP contribution is 2.38. The summed E-state index contributed by atoms with van der Waals surface area (Å²) in [5, 5.41) is 0.